The zero-order valence-electron chi connectivity index (χ0n) is 10.3. The summed E-state index contributed by atoms with van der Waals surface area (Å²) in [5.74, 6) is -5.63. The molecule has 6 nitrogen and oxygen atoms in total. The van der Waals surface area contributed by atoms with Crippen LogP contribution in [0, 0.1) is 11.6 Å². The number of sulfone groups is 1. The number of aromatic carboxylic acids is 1. The predicted octanol–water partition coefficient (Wildman–Crippen LogP) is 1.43. The molecule has 0 fully saturated rings. The van der Waals surface area contributed by atoms with Gasteiger partial charge in [0.15, 0.2) is 21.5 Å². The third kappa shape index (κ3) is 3.19. The fourth-order valence-corrected chi connectivity index (χ4v) is 2.89. The number of halogens is 2. The van der Waals surface area contributed by atoms with Crippen LogP contribution in [0.4, 0.5) is 8.78 Å². The molecule has 0 spiro atoms. The lowest BCUT2D eigenvalue weighted by Gasteiger charge is -2.07. The van der Waals surface area contributed by atoms with Crippen LogP contribution in [0.5, 0.6) is 0 Å². The Labute approximate surface area is 118 Å². The summed E-state index contributed by atoms with van der Waals surface area (Å²) in [6.07, 6.45) is 2.59. The van der Waals surface area contributed by atoms with Crippen LogP contribution in [-0.2, 0) is 15.6 Å². The summed E-state index contributed by atoms with van der Waals surface area (Å²) in [7, 11) is -4.33. The molecule has 9 heteroatoms. The molecule has 0 atom stereocenters. The number of carboxylic acid groups (broad SMARTS) is 1. The van der Waals surface area contributed by atoms with E-state index < -0.39 is 43.7 Å². The molecule has 2 rings (SSSR count). The van der Waals surface area contributed by atoms with Crippen molar-refractivity contribution in [2.45, 2.75) is 10.6 Å². The van der Waals surface area contributed by atoms with Gasteiger partial charge in [0.2, 0.25) is 0 Å². The van der Waals surface area contributed by atoms with Crippen LogP contribution in [0.2, 0.25) is 0 Å². The van der Waals surface area contributed by atoms with Gasteiger partial charge in [0.1, 0.15) is 16.5 Å². The first-order chi connectivity index (χ1) is 9.81. The highest BCUT2D eigenvalue weighted by Crippen LogP contribution is 2.22. The number of hydrogen-bond acceptors (Lipinski definition) is 5. The number of rotatable bonds is 4. The Morgan fingerprint density at radius 1 is 1.19 bits per heavy atom. The molecule has 1 aromatic carbocycles. The molecule has 0 aliphatic carbocycles. The van der Waals surface area contributed by atoms with E-state index in [0.717, 1.165) is 0 Å². The lowest BCUT2D eigenvalue weighted by atomic mass is 10.2. The Hall–Kier alpha value is -2.42. The number of hydrogen-bond donors (Lipinski definition) is 1. The fourth-order valence-electron chi connectivity index (χ4n) is 1.57. The van der Waals surface area contributed by atoms with Crippen LogP contribution >= 0.6 is 0 Å². The first-order valence-corrected chi connectivity index (χ1v) is 7.17. The minimum absolute atomic E-state index is 0.113. The molecule has 0 aliphatic rings. The second kappa shape index (κ2) is 5.52. The fraction of sp³-hybridized carbons (Fsp3) is 0.0833. The molecule has 1 aromatic heterocycles. The van der Waals surface area contributed by atoms with Crippen molar-refractivity contribution in [3.8, 4) is 0 Å². The standard InChI is InChI=1S/C12H8F2N2O4S/c13-8-4-7(12(17)18)5-9(11(8)14)21(19,20)6-10-15-2-1-3-16-10/h1-5H,6H2,(H,17,18). The maximum absolute atomic E-state index is 13.7. The summed E-state index contributed by atoms with van der Waals surface area (Å²) in [5, 5.41) is 8.77. The Morgan fingerprint density at radius 2 is 1.81 bits per heavy atom. The predicted molar refractivity (Wildman–Crippen MR) is 66.2 cm³/mol. The summed E-state index contributed by atoms with van der Waals surface area (Å²) in [6, 6.07) is 2.44. The van der Waals surface area contributed by atoms with E-state index in [1.54, 1.807) is 0 Å². The first-order valence-electron chi connectivity index (χ1n) is 5.52. The van der Waals surface area contributed by atoms with Crippen LogP contribution in [0.15, 0.2) is 35.5 Å². The molecule has 2 aromatic rings. The smallest absolute Gasteiger partial charge is 0.335 e. The van der Waals surface area contributed by atoms with Crippen molar-refractivity contribution < 1.29 is 27.1 Å². The Morgan fingerprint density at radius 3 is 2.38 bits per heavy atom. The van der Waals surface area contributed by atoms with E-state index in [1.165, 1.54) is 18.5 Å². The third-order valence-corrected chi connectivity index (χ3v) is 4.12. The molecule has 0 saturated carbocycles. The van der Waals surface area contributed by atoms with E-state index in [9.17, 15) is 22.0 Å². The van der Waals surface area contributed by atoms with Gasteiger partial charge in [-0.2, -0.15) is 0 Å². The third-order valence-electron chi connectivity index (χ3n) is 2.52. The van der Waals surface area contributed by atoms with Crippen LogP contribution in [0.1, 0.15) is 16.2 Å². The Bertz CT molecular complexity index is 794. The zero-order valence-corrected chi connectivity index (χ0v) is 11.1. The SMILES string of the molecule is O=C(O)c1cc(F)c(F)c(S(=O)(=O)Cc2ncccn2)c1. The molecular formula is C12H8F2N2O4S. The summed E-state index contributed by atoms with van der Waals surface area (Å²) >= 11 is 0. The quantitative estimate of drug-likeness (QED) is 0.917. The van der Waals surface area contributed by atoms with Gasteiger partial charge in [-0.05, 0) is 18.2 Å². The average Bonchev–Trinajstić information content (AvgIpc) is 2.41. The van der Waals surface area contributed by atoms with Crippen molar-refractivity contribution in [2.75, 3.05) is 0 Å². The van der Waals surface area contributed by atoms with Gasteiger partial charge in [-0.15, -0.1) is 0 Å². The van der Waals surface area contributed by atoms with E-state index in [1.807, 2.05) is 0 Å². The Balaban J connectivity index is 2.52. The number of carboxylic acids is 1. The number of carbonyl (C=O) groups is 1. The molecule has 0 unspecified atom stereocenters. The number of aromatic nitrogens is 2. The maximum Gasteiger partial charge on any atom is 0.335 e. The van der Waals surface area contributed by atoms with Gasteiger partial charge >= 0.3 is 5.97 Å². The molecule has 1 heterocycles. The average molecular weight is 314 g/mol. The summed E-state index contributed by atoms with van der Waals surface area (Å²) < 4.78 is 51.1. The minimum Gasteiger partial charge on any atom is -0.478 e. The lowest BCUT2D eigenvalue weighted by molar-refractivity contribution is 0.0696. The summed E-state index contributed by atoms with van der Waals surface area (Å²) in [6.45, 7) is 0. The first kappa shape index (κ1) is 15.0. The van der Waals surface area contributed by atoms with Gasteiger partial charge in [0.05, 0.1) is 5.56 Å². The van der Waals surface area contributed by atoms with Crippen molar-refractivity contribution in [1.29, 1.82) is 0 Å². The normalized spacial score (nSPS) is 11.3. The van der Waals surface area contributed by atoms with E-state index in [0.29, 0.717) is 12.1 Å². The van der Waals surface area contributed by atoms with Gasteiger partial charge in [-0.3, -0.25) is 0 Å². The van der Waals surface area contributed by atoms with Crippen molar-refractivity contribution in [2.24, 2.45) is 0 Å². The molecule has 0 amide bonds. The molecule has 0 bridgehead atoms. The van der Waals surface area contributed by atoms with Crippen LogP contribution < -0.4 is 0 Å². The van der Waals surface area contributed by atoms with Crippen molar-refractivity contribution in [3.05, 3.63) is 53.6 Å². The largest absolute Gasteiger partial charge is 0.478 e. The molecular weight excluding hydrogens is 306 g/mol. The van der Waals surface area contributed by atoms with Gasteiger partial charge in [-0.25, -0.2) is 32.0 Å². The van der Waals surface area contributed by atoms with E-state index >= 15 is 0 Å². The van der Waals surface area contributed by atoms with Gasteiger partial charge in [0.25, 0.3) is 0 Å². The molecule has 21 heavy (non-hydrogen) atoms. The van der Waals surface area contributed by atoms with E-state index in [2.05, 4.69) is 9.97 Å². The Kier molecular flexibility index (Phi) is 3.94. The van der Waals surface area contributed by atoms with Gasteiger partial charge in [0, 0.05) is 12.4 Å². The topological polar surface area (TPSA) is 97.2 Å². The second-order valence-electron chi connectivity index (χ2n) is 4.00. The highest BCUT2D eigenvalue weighted by Gasteiger charge is 2.25. The van der Waals surface area contributed by atoms with Crippen molar-refractivity contribution >= 4 is 15.8 Å². The van der Waals surface area contributed by atoms with Crippen molar-refractivity contribution in [3.63, 3.8) is 0 Å². The molecule has 1 N–H and O–H groups in total. The number of nitrogens with zero attached hydrogens (tertiary/aromatic N) is 2. The molecule has 0 radical (unpaired) electrons. The number of benzene rings is 1. The molecule has 0 aliphatic heterocycles. The van der Waals surface area contributed by atoms with E-state index in [4.69, 9.17) is 5.11 Å². The maximum atomic E-state index is 13.7. The van der Waals surface area contributed by atoms with Gasteiger partial charge in [-0.1, -0.05) is 0 Å². The highest BCUT2D eigenvalue weighted by atomic mass is 32.2. The summed E-state index contributed by atoms with van der Waals surface area (Å²) in [4.78, 5) is 17.1. The zero-order chi connectivity index (χ0) is 15.6. The monoisotopic (exact) mass is 314 g/mol. The minimum atomic E-state index is -4.33. The van der Waals surface area contributed by atoms with Crippen LogP contribution in [0.3, 0.4) is 0 Å². The lowest BCUT2D eigenvalue weighted by Crippen LogP contribution is -2.12. The van der Waals surface area contributed by atoms with Crippen LogP contribution in [0.25, 0.3) is 0 Å². The van der Waals surface area contributed by atoms with Crippen LogP contribution in [-0.4, -0.2) is 29.5 Å². The van der Waals surface area contributed by atoms with Gasteiger partial charge < -0.3 is 5.11 Å². The van der Waals surface area contributed by atoms with Crippen molar-refractivity contribution in [1.82, 2.24) is 9.97 Å². The summed E-state index contributed by atoms with van der Waals surface area (Å²) in [5.41, 5.74) is -0.665. The molecule has 0 saturated heterocycles. The molecule has 110 valence electrons. The highest BCUT2D eigenvalue weighted by molar-refractivity contribution is 7.90. The second-order valence-corrected chi connectivity index (χ2v) is 5.96. The van der Waals surface area contributed by atoms with E-state index in [-0.39, 0.29) is 5.82 Å².